The van der Waals surface area contributed by atoms with Crippen LogP contribution in [0.25, 0.3) is 0 Å². The van der Waals surface area contributed by atoms with E-state index in [4.69, 9.17) is 0 Å². The summed E-state index contributed by atoms with van der Waals surface area (Å²) in [5.41, 5.74) is -0.0984. The monoisotopic (exact) mass is 256 g/mol. The van der Waals surface area contributed by atoms with Crippen LogP contribution >= 0.6 is 0 Å². The van der Waals surface area contributed by atoms with E-state index in [0.717, 1.165) is 25.8 Å². The molecular formula is C14H28N2O2. The maximum Gasteiger partial charge on any atom is 0.222 e. The molecule has 106 valence electrons. The van der Waals surface area contributed by atoms with Gasteiger partial charge in [-0.05, 0) is 31.7 Å². The summed E-state index contributed by atoms with van der Waals surface area (Å²) >= 11 is 0. The molecule has 0 aromatic rings. The Morgan fingerprint density at radius 1 is 1.50 bits per heavy atom. The predicted molar refractivity (Wildman–Crippen MR) is 73.4 cm³/mol. The molecule has 1 rings (SSSR count). The van der Waals surface area contributed by atoms with Crippen molar-refractivity contribution in [2.45, 2.75) is 51.0 Å². The smallest absolute Gasteiger partial charge is 0.222 e. The molecule has 0 spiro atoms. The molecule has 2 N–H and O–H groups in total. The maximum atomic E-state index is 11.4. The minimum Gasteiger partial charge on any atom is -0.394 e. The van der Waals surface area contributed by atoms with Crippen LogP contribution in [0.3, 0.4) is 0 Å². The number of amides is 1. The van der Waals surface area contributed by atoms with Crippen LogP contribution in [-0.2, 0) is 4.79 Å². The van der Waals surface area contributed by atoms with Gasteiger partial charge in [-0.25, -0.2) is 0 Å². The molecule has 0 bridgehead atoms. The van der Waals surface area contributed by atoms with Crippen molar-refractivity contribution in [1.29, 1.82) is 0 Å². The first kappa shape index (κ1) is 15.4. The van der Waals surface area contributed by atoms with Crippen molar-refractivity contribution < 1.29 is 9.90 Å². The van der Waals surface area contributed by atoms with Gasteiger partial charge in [-0.2, -0.15) is 0 Å². The van der Waals surface area contributed by atoms with Gasteiger partial charge in [0.25, 0.3) is 0 Å². The summed E-state index contributed by atoms with van der Waals surface area (Å²) < 4.78 is 0. The van der Waals surface area contributed by atoms with Gasteiger partial charge in [0.1, 0.15) is 0 Å². The Kier molecular flexibility index (Phi) is 6.09. The van der Waals surface area contributed by atoms with Crippen LogP contribution in [0.4, 0.5) is 0 Å². The molecule has 1 aliphatic rings. The molecule has 1 amide bonds. The van der Waals surface area contributed by atoms with Gasteiger partial charge in [0.2, 0.25) is 5.91 Å². The molecule has 1 saturated carbocycles. The number of nitrogens with zero attached hydrogens (tertiary/aromatic N) is 1. The summed E-state index contributed by atoms with van der Waals surface area (Å²) in [5.74, 6) is 0.855. The molecule has 0 aromatic carbocycles. The molecule has 2 unspecified atom stereocenters. The lowest BCUT2D eigenvalue weighted by atomic mass is 9.77. The molecule has 4 heteroatoms. The van der Waals surface area contributed by atoms with Crippen LogP contribution in [0.5, 0.6) is 0 Å². The first-order valence-corrected chi connectivity index (χ1v) is 7.05. The van der Waals surface area contributed by atoms with E-state index >= 15 is 0 Å². The molecule has 1 fully saturated rings. The first-order chi connectivity index (χ1) is 8.49. The lowest BCUT2D eigenvalue weighted by Crippen LogP contribution is -2.51. The minimum atomic E-state index is -0.0984. The molecule has 18 heavy (non-hydrogen) atoms. The van der Waals surface area contributed by atoms with E-state index in [-0.39, 0.29) is 18.1 Å². The molecule has 1 aliphatic carbocycles. The standard InChI is InChI=1S/C14H28N2O2/c1-12-6-4-8-14(10-12,11-17)15-9-5-7-13(18)16(2)3/h12,15,17H,4-11H2,1-3H3. The zero-order valence-corrected chi connectivity index (χ0v) is 12.0. The molecule has 0 heterocycles. The summed E-state index contributed by atoms with van der Waals surface area (Å²) in [6, 6.07) is 0. The quantitative estimate of drug-likeness (QED) is 0.706. The van der Waals surface area contributed by atoms with Crippen LogP contribution < -0.4 is 5.32 Å². The molecule has 4 nitrogen and oxygen atoms in total. The number of hydrogen-bond donors (Lipinski definition) is 2. The molecule has 2 atom stereocenters. The average molecular weight is 256 g/mol. The summed E-state index contributed by atoms with van der Waals surface area (Å²) in [6.45, 7) is 3.27. The summed E-state index contributed by atoms with van der Waals surface area (Å²) in [7, 11) is 3.57. The first-order valence-electron chi connectivity index (χ1n) is 7.05. The number of nitrogens with one attached hydrogen (secondary N) is 1. The topological polar surface area (TPSA) is 52.6 Å². The number of carbonyl (C=O) groups excluding carboxylic acids is 1. The highest BCUT2D eigenvalue weighted by Crippen LogP contribution is 2.31. The van der Waals surface area contributed by atoms with Gasteiger partial charge < -0.3 is 15.3 Å². The highest BCUT2D eigenvalue weighted by molar-refractivity contribution is 5.75. The van der Waals surface area contributed by atoms with E-state index in [1.54, 1.807) is 19.0 Å². The van der Waals surface area contributed by atoms with Crippen molar-refractivity contribution in [2.24, 2.45) is 5.92 Å². The van der Waals surface area contributed by atoms with Crippen molar-refractivity contribution in [3.63, 3.8) is 0 Å². The van der Waals surface area contributed by atoms with Crippen molar-refractivity contribution in [3.8, 4) is 0 Å². The lowest BCUT2D eigenvalue weighted by molar-refractivity contribution is -0.128. The second-order valence-corrected chi connectivity index (χ2v) is 5.96. The van der Waals surface area contributed by atoms with E-state index < -0.39 is 0 Å². The Bertz CT molecular complexity index is 269. The van der Waals surface area contributed by atoms with E-state index in [2.05, 4.69) is 12.2 Å². The van der Waals surface area contributed by atoms with Crippen LogP contribution in [-0.4, -0.2) is 48.7 Å². The highest BCUT2D eigenvalue weighted by atomic mass is 16.3. The third-order valence-corrected chi connectivity index (χ3v) is 3.96. The maximum absolute atomic E-state index is 11.4. The summed E-state index contributed by atoms with van der Waals surface area (Å²) in [5, 5.41) is 13.1. The van der Waals surface area contributed by atoms with Gasteiger partial charge >= 0.3 is 0 Å². The van der Waals surface area contributed by atoms with Crippen LogP contribution in [0, 0.1) is 5.92 Å². The third kappa shape index (κ3) is 4.58. The SMILES string of the molecule is CC1CCCC(CO)(NCCCC(=O)N(C)C)C1. The van der Waals surface area contributed by atoms with E-state index in [9.17, 15) is 9.90 Å². The second-order valence-electron chi connectivity index (χ2n) is 5.96. The van der Waals surface area contributed by atoms with Crippen molar-refractivity contribution in [3.05, 3.63) is 0 Å². The van der Waals surface area contributed by atoms with Gasteiger partial charge in [-0.3, -0.25) is 4.79 Å². The predicted octanol–water partition coefficient (Wildman–Crippen LogP) is 1.39. The number of aliphatic hydroxyl groups is 1. The van der Waals surface area contributed by atoms with Crippen LogP contribution in [0.2, 0.25) is 0 Å². The molecule has 0 saturated heterocycles. The highest BCUT2D eigenvalue weighted by Gasteiger charge is 2.33. The molecule has 0 radical (unpaired) electrons. The largest absolute Gasteiger partial charge is 0.394 e. The zero-order chi connectivity index (χ0) is 13.6. The summed E-state index contributed by atoms with van der Waals surface area (Å²) in [4.78, 5) is 13.1. The minimum absolute atomic E-state index is 0.0984. The number of rotatable bonds is 6. The van der Waals surface area contributed by atoms with Crippen LogP contribution in [0.1, 0.15) is 45.4 Å². The fraction of sp³-hybridized carbons (Fsp3) is 0.929. The second kappa shape index (κ2) is 7.10. The van der Waals surface area contributed by atoms with Gasteiger partial charge in [0.15, 0.2) is 0 Å². The zero-order valence-electron chi connectivity index (χ0n) is 12.0. The Morgan fingerprint density at radius 3 is 2.78 bits per heavy atom. The number of aliphatic hydroxyl groups excluding tert-OH is 1. The van der Waals surface area contributed by atoms with E-state index in [1.807, 2.05) is 0 Å². The fourth-order valence-corrected chi connectivity index (χ4v) is 2.84. The Labute approximate surface area is 111 Å². The lowest BCUT2D eigenvalue weighted by Gasteiger charge is -2.39. The normalized spacial score (nSPS) is 28.1. The Morgan fingerprint density at radius 2 is 2.22 bits per heavy atom. The van der Waals surface area contributed by atoms with Crippen molar-refractivity contribution >= 4 is 5.91 Å². The van der Waals surface area contributed by atoms with Gasteiger partial charge in [0.05, 0.1) is 6.61 Å². The number of carbonyl (C=O) groups is 1. The summed E-state index contributed by atoms with van der Waals surface area (Å²) in [6.07, 6.45) is 5.97. The van der Waals surface area contributed by atoms with Gasteiger partial charge in [0, 0.05) is 26.1 Å². The van der Waals surface area contributed by atoms with Gasteiger partial charge in [-0.15, -0.1) is 0 Å². The third-order valence-electron chi connectivity index (χ3n) is 3.96. The average Bonchev–Trinajstić information content (AvgIpc) is 2.34. The molecule has 0 aromatic heterocycles. The number of hydrogen-bond acceptors (Lipinski definition) is 3. The molecular weight excluding hydrogens is 228 g/mol. The molecule has 0 aliphatic heterocycles. The van der Waals surface area contributed by atoms with E-state index in [1.165, 1.54) is 12.8 Å². The van der Waals surface area contributed by atoms with Crippen molar-refractivity contribution in [2.75, 3.05) is 27.2 Å². The Balaban J connectivity index is 2.29. The van der Waals surface area contributed by atoms with Crippen molar-refractivity contribution in [1.82, 2.24) is 10.2 Å². The van der Waals surface area contributed by atoms with Gasteiger partial charge in [-0.1, -0.05) is 19.8 Å². The van der Waals surface area contributed by atoms with Crippen LogP contribution in [0.15, 0.2) is 0 Å². The Hall–Kier alpha value is -0.610. The fourth-order valence-electron chi connectivity index (χ4n) is 2.84. The van der Waals surface area contributed by atoms with E-state index in [0.29, 0.717) is 12.3 Å².